The summed E-state index contributed by atoms with van der Waals surface area (Å²) in [7, 11) is 1.50. The second-order valence-corrected chi connectivity index (χ2v) is 6.31. The first kappa shape index (κ1) is 17.1. The van der Waals surface area contributed by atoms with Crippen LogP contribution < -0.4 is 10.2 Å². The fraction of sp³-hybridized carbons (Fsp3) is 0.0667. The maximum Gasteiger partial charge on any atom is 0.271 e. The number of methoxy groups -OCH3 is 1. The molecule has 0 aliphatic heterocycles. The molecule has 114 valence electrons. The Morgan fingerprint density at radius 1 is 1.32 bits per heavy atom. The second-order valence-electron chi connectivity index (χ2n) is 4.22. The highest BCUT2D eigenvalue weighted by atomic mass is 127. The van der Waals surface area contributed by atoms with Gasteiger partial charge in [-0.1, -0.05) is 29.3 Å². The monoisotopic (exact) mass is 448 g/mol. The van der Waals surface area contributed by atoms with Crippen molar-refractivity contribution < 1.29 is 9.53 Å². The molecular formula is C15H11Cl2IN2O2. The van der Waals surface area contributed by atoms with Crippen LogP contribution in [-0.4, -0.2) is 19.2 Å². The molecule has 4 nitrogen and oxygen atoms in total. The van der Waals surface area contributed by atoms with Gasteiger partial charge in [0.1, 0.15) is 5.75 Å². The van der Waals surface area contributed by atoms with Gasteiger partial charge in [-0.2, -0.15) is 5.10 Å². The molecule has 0 saturated carbocycles. The van der Waals surface area contributed by atoms with Gasteiger partial charge in [-0.15, -0.1) is 0 Å². The molecule has 7 heteroatoms. The summed E-state index contributed by atoms with van der Waals surface area (Å²) in [5.74, 6) is 0.139. The predicted molar refractivity (Wildman–Crippen MR) is 97.2 cm³/mol. The first-order valence-electron chi connectivity index (χ1n) is 6.13. The molecular weight excluding hydrogens is 438 g/mol. The molecule has 0 aliphatic rings. The van der Waals surface area contributed by atoms with E-state index in [1.807, 2.05) is 6.07 Å². The first-order chi connectivity index (χ1) is 10.5. The highest BCUT2D eigenvalue weighted by molar-refractivity contribution is 14.1. The van der Waals surface area contributed by atoms with Crippen LogP contribution in [0.3, 0.4) is 0 Å². The fourth-order valence-electron chi connectivity index (χ4n) is 1.75. The third-order valence-corrected chi connectivity index (χ3v) is 3.87. The Balaban J connectivity index is 2.14. The molecule has 0 heterocycles. The molecule has 2 aromatic rings. The topological polar surface area (TPSA) is 50.7 Å². The molecule has 22 heavy (non-hydrogen) atoms. The number of nitrogens with one attached hydrogen (secondary N) is 1. The van der Waals surface area contributed by atoms with Crippen LogP contribution in [0.25, 0.3) is 0 Å². The van der Waals surface area contributed by atoms with Crippen LogP contribution in [0.2, 0.25) is 10.0 Å². The van der Waals surface area contributed by atoms with E-state index in [1.54, 1.807) is 30.3 Å². The summed E-state index contributed by atoms with van der Waals surface area (Å²) in [6.07, 6.45) is 1.43. The van der Waals surface area contributed by atoms with Crippen LogP contribution in [0.4, 0.5) is 0 Å². The van der Waals surface area contributed by atoms with Crippen LogP contribution in [-0.2, 0) is 0 Å². The van der Waals surface area contributed by atoms with E-state index in [2.05, 4.69) is 33.1 Å². The van der Waals surface area contributed by atoms with Gasteiger partial charge in [-0.05, 0) is 52.9 Å². The van der Waals surface area contributed by atoms with Gasteiger partial charge in [0.15, 0.2) is 0 Å². The van der Waals surface area contributed by atoms with Crippen LogP contribution >= 0.6 is 45.8 Å². The molecule has 0 aliphatic carbocycles. The number of ether oxygens (including phenoxy) is 1. The molecule has 0 fully saturated rings. The van der Waals surface area contributed by atoms with Gasteiger partial charge in [0, 0.05) is 19.7 Å². The number of benzene rings is 2. The average Bonchev–Trinajstić information content (AvgIpc) is 2.46. The average molecular weight is 449 g/mol. The van der Waals surface area contributed by atoms with E-state index in [1.165, 1.54) is 13.3 Å². The Kier molecular flexibility index (Phi) is 6.05. The van der Waals surface area contributed by atoms with E-state index in [9.17, 15) is 4.79 Å². The van der Waals surface area contributed by atoms with E-state index >= 15 is 0 Å². The molecule has 0 aromatic heterocycles. The summed E-state index contributed by atoms with van der Waals surface area (Å²) < 4.78 is 6.16. The third kappa shape index (κ3) is 4.34. The van der Waals surface area contributed by atoms with Crippen molar-refractivity contribution in [3.05, 3.63) is 61.1 Å². The maximum absolute atomic E-state index is 12.0. The second kappa shape index (κ2) is 7.80. The van der Waals surface area contributed by atoms with E-state index in [0.29, 0.717) is 26.9 Å². The van der Waals surface area contributed by atoms with Crippen LogP contribution in [0, 0.1) is 3.57 Å². The lowest BCUT2D eigenvalue weighted by atomic mass is 10.2. The first-order valence-corrected chi connectivity index (χ1v) is 7.96. The number of rotatable bonds is 4. The lowest BCUT2D eigenvalue weighted by molar-refractivity contribution is 0.0955. The van der Waals surface area contributed by atoms with Gasteiger partial charge >= 0.3 is 0 Å². The van der Waals surface area contributed by atoms with E-state index < -0.39 is 0 Å². The van der Waals surface area contributed by atoms with Gasteiger partial charge in [-0.25, -0.2) is 5.43 Å². The summed E-state index contributed by atoms with van der Waals surface area (Å²) in [6.45, 7) is 0. The number of carbonyl (C=O) groups is 1. The van der Waals surface area contributed by atoms with Crippen LogP contribution in [0.5, 0.6) is 5.75 Å². The third-order valence-electron chi connectivity index (χ3n) is 2.70. The Bertz CT molecular complexity index is 735. The van der Waals surface area contributed by atoms with E-state index in [-0.39, 0.29) is 5.91 Å². The minimum atomic E-state index is -0.304. The lowest BCUT2D eigenvalue weighted by Crippen LogP contribution is -2.17. The van der Waals surface area contributed by atoms with Crippen molar-refractivity contribution in [2.24, 2.45) is 5.10 Å². The summed E-state index contributed by atoms with van der Waals surface area (Å²) in [5.41, 5.74) is 3.55. The number of nitrogens with zero attached hydrogens (tertiary/aromatic N) is 1. The molecule has 1 N–H and O–H groups in total. The van der Waals surface area contributed by atoms with Gasteiger partial charge < -0.3 is 4.74 Å². The highest BCUT2D eigenvalue weighted by Gasteiger charge is 2.08. The van der Waals surface area contributed by atoms with Crippen LogP contribution in [0.15, 0.2) is 41.5 Å². The fourth-order valence-corrected chi connectivity index (χ4v) is 2.88. The van der Waals surface area contributed by atoms with Crippen molar-refractivity contribution in [3.8, 4) is 5.75 Å². The Morgan fingerprint density at radius 2 is 2.09 bits per heavy atom. The molecule has 0 atom stereocenters. The van der Waals surface area contributed by atoms with Gasteiger partial charge in [-0.3, -0.25) is 4.79 Å². The predicted octanol–water partition coefficient (Wildman–Crippen LogP) is 4.37. The van der Waals surface area contributed by atoms with Crippen molar-refractivity contribution in [3.63, 3.8) is 0 Å². The Labute approximate surface area is 151 Å². The smallest absolute Gasteiger partial charge is 0.271 e. The zero-order chi connectivity index (χ0) is 16.1. The zero-order valence-corrected chi connectivity index (χ0v) is 15.1. The van der Waals surface area contributed by atoms with E-state index in [4.69, 9.17) is 27.9 Å². The van der Waals surface area contributed by atoms with Crippen molar-refractivity contribution in [2.45, 2.75) is 0 Å². The summed E-state index contributed by atoms with van der Waals surface area (Å²) >= 11 is 14.1. The number of amides is 1. The maximum atomic E-state index is 12.0. The summed E-state index contributed by atoms with van der Waals surface area (Å²) in [4.78, 5) is 12.0. The summed E-state index contributed by atoms with van der Waals surface area (Å²) in [6, 6.07) is 10.4. The molecule has 2 rings (SSSR count). The molecule has 1 amide bonds. The highest BCUT2D eigenvalue weighted by Crippen LogP contribution is 2.31. The molecule has 0 unspecified atom stereocenters. The van der Waals surface area contributed by atoms with Gasteiger partial charge in [0.05, 0.1) is 18.3 Å². The Morgan fingerprint density at radius 3 is 2.77 bits per heavy atom. The molecule has 0 saturated heterocycles. The molecule has 0 bridgehead atoms. The lowest BCUT2D eigenvalue weighted by Gasteiger charge is -2.07. The minimum Gasteiger partial charge on any atom is -0.495 e. The number of hydrogen-bond acceptors (Lipinski definition) is 3. The van der Waals surface area contributed by atoms with Crippen molar-refractivity contribution >= 4 is 57.9 Å². The summed E-state index contributed by atoms with van der Waals surface area (Å²) in [5, 5.41) is 4.74. The largest absolute Gasteiger partial charge is 0.495 e. The quantitative estimate of drug-likeness (QED) is 0.429. The number of hydrogen-bond donors (Lipinski definition) is 1. The number of halogens is 3. The molecule has 2 aromatic carbocycles. The zero-order valence-electron chi connectivity index (χ0n) is 11.4. The van der Waals surface area contributed by atoms with Crippen molar-refractivity contribution in [1.29, 1.82) is 0 Å². The van der Waals surface area contributed by atoms with Gasteiger partial charge in [0.25, 0.3) is 5.91 Å². The van der Waals surface area contributed by atoms with Crippen LogP contribution in [0.1, 0.15) is 15.9 Å². The normalized spacial score (nSPS) is 10.7. The van der Waals surface area contributed by atoms with Gasteiger partial charge in [0.2, 0.25) is 0 Å². The Hall–Kier alpha value is -1.31. The van der Waals surface area contributed by atoms with Crippen molar-refractivity contribution in [2.75, 3.05) is 7.11 Å². The van der Waals surface area contributed by atoms with Crippen molar-refractivity contribution in [1.82, 2.24) is 5.43 Å². The molecule has 0 radical (unpaired) electrons. The number of hydrazone groups is 1. The standard InChI is InChI=1S/C15H11Cl2IN2O2/c1-22-14-10(5-11(16)7-13(14)17)8-19-20-15(21)9-3-2-4-12(18)6-9/h2-8H,1H3,(H,20,21). The van der Waals surface area contributed by atoms with E-state index in [0.717, 1.165) is 3.57 Å². The molecule has 0 spiro atoms. The number of carbonyl (C=O) groups excluding carboxylic acids is 1. The SMILES string of the molecule is COc1c(Cl)cc(Cl)cc1C=NNC(=O)c1cccc(I)c1. The minimum absolute atomic E-state index is 0.304.